The summed E-state index contributed by atoms with van der Waals surface area (Å²) in [5.41, 5.74) is 1.06. The summed E-state index contributed by atoms with van der Waals surface area (Å²) in [5, 5.41) is 3.32. The van der Waals surface area contributed by atoms with Crippen LogP contribution in [0.5, 0.6) is 0 Å². The lowest BCUT2D eigenvalue weighted by atomic mass is 10.1. The molecule has 0 spiro atoms. The first-order chi connectivity index (χ1) is 12.8. The van der Waals surface area contributed by atoms with Gasteiger partial charge in [-0.3, -0.25) is 4.79 Å². The fourth-order valence-electron chi connectivity index (χ4n) is 2.66. The second-order valence-corrected chi connectivity index (χ2v) is 8.21. The Balaban J connectivity index is 2.13. The van der Waals surface area contributed by atoms with Gasteiger partial charge < -0.3 is 5.32 Å². The average molecular weight is 413 g/mol. The molecule has 5 nitrogen and oxygen atoms in total. The minimum absolute atomic E-state index is 0.0909. The molecule has 0 saturated heterocycles. The molecule has 0 atom stereocenters. The van der Waals surface area contributed by atoms with Gasteiger partial charge in [0.15, 0.2) is 0 Å². The van der Waals surface area contributed by atoms with E-state index in [1.54, 1.807) is 26.0 Å². The number of nitrogens with one attached hydrogen (secondary N) is 1. The number of amides is 1. The van der Waals surface area contributed by atoms with E-state index in [-0.39, 0.29) is 18.7 Å². The standard InChI is InChI=1S/C19H22ClFN2O3S/c1-3-23(4-2)27(25,26)18-13-15(8-9-17(18)21)19(24)22-11-10-14-6-5-7-16(20)12-14/h5-9,12-13H,3-4,10-11H2,1-2H3,(H,22,24). The Labute approximate surface area is 164 Å². The predicted molar refractivity (Wildman–Crippen MR) is 104 cm³/mol. The van der Waals surface area contributed by atoms with E-state index in [9.17, 15) is 17.6 Å². The number of halogens is 2. The highest BCUT2D eigenvalue weighted by Gasteiger charge is 2.26. The van der Waals surface area contributed by atoms with Gasteiger partial charge in [0, 0.05) is 30.2 Å². The molecule has 0 aliphatic rings. The monoisotopic (exact) mass is 412 g/mol. The van der Waals surface area contributed by atoms with Crippen LogP contribution in [0.4, 0.5) is 4.39 Å². The first kappa shape index (κ1) is 21.3. The second kappa shape index (κ2) is 9.30. The average Bonchev–Trinajstić information content (AvgIpc) is 2.62. The van der Waals surface area contributed by atoms with Crippen molar-refractivity contribution in [1.82, 2.24) is 9.62 Å². The Morgan fingerprint density at radius 2 is 1.85 bits per heavy atom. The quantitative estimate of drug-likeness (QED) is 0.721. The summed E-state index contributed by atoms with van der Waals surface area (Å²) in [5.74, 6) is -1.34. The summed E-state index contributed by atoms with van der Waals surface area (Å²) in [6.45, 7) is 4.12. The molecular weight excluding hydrogens is 391 g/mol. The van der Waals surface area contributed by atoms with Gasteiger partial charge in [-0.15, -0.1) is 0 Å². The lowest BCUT2D eigenvalue weighted by molar-refractivity contribution is 0.0954. The molecule has 27 heavy (non-hydrogen) atoms. The van der Waals surface area contributed by atoms with Crippen molar-refractivity contribution in [3.63, 3.8) is 0 Å². The van der Waals surface area contributed by atoms with E-state index in [4.69, 9.17) is 11.6 Å². The third-order valence-electron chi connectivity index (χ3n) is 4.10. The van der Waals surface area contributed by atoms with E-state index in [2.05, 4.69) is 5.32 Å². The molecule has 0 aliphatic heterocycles. The fourth-order valence-corrected chi connectivity index (χ4v) is 4.42. The molecule has 2 rings (SSSR count). The summed E-state index contributed by atoms with van der Waals surface area (Å²) in [4.78, 5) is 11.8. The molecule has 0 fully saturated rings. The lowest BCUT2D eigenvalue weighted by Crippen LogP contribution is -2.32. The Bertz CT molecular complexity index is 915. The van der Waals surface area contributed by atoms with Crippen molar-refractivity contribution in [2.45, 2.75) is 25.2 Å². The summed E-state index contributed by atoms with van der Waals surface area (Å²) in [7, 11) is -3.99. The first-order valence-electron chi connectivity index (χ1n) is 8.62. The maximum absolute atomic E-state index is 14.1. The summed E-state index contributed by atoms with van der Waals surface area (Å²) < 4.78 is 40.4. The van der Waals surface area contributed by atoms with E-state index in [1.165, 1.54) is 6.07 Å². The van der Waals surface area contributed by atoms with Crippen molar-refractivity contribution < 1.29 is 17.6 Å². The van der Waals surface area contributed by atoms with E-state index in [0.29, 0.717) is 18.0 Å². The van der Waals surface area contributed by atoms with Gasteiger partial charge in [-0.1, -0.05) is 37.6 Å². The van der Waals surface area contributed by atoms with Crippen molar-refractivity contribution in [2.75, 3.05) is 19.6 Å². The largest absolute Gasteiger partial charge is 0.352 e. The molecule has 0 radical (unpaired) electrons. The Hall–Kier alpha value is -1.96. The maximum Gasteiger partial charge on any atom is 0.251 e. The molecular formula is C19H22ClFN2O3S. The van der Waals surface area contributed by atoms with Gasteiger partial charge in [0.25, 0.3) is 5.91 Å². The van der Waals surface area contributed by atoms with Crippen LogP contribution in [0.2, 0.25) is 5.02 Å². The summed E-state index contributed by atoms with van der Waals surface area (Å²) >= 11 is 5.92. The van der Waals surface area contributed by atoms with Gasteiger partial charge in [-0.05, 0) is 42.3 Å². The third kappa shape index (κ3) is 5.28. The number of hydrogen-bond donors (Lipinski definition) is 1. The van der Waals surface area contributed by atoms with Crippen molar-refractivity contribution >= 4 is 27.5 Å². The van der Waals surface area contributed by atoms with E-state index < -0.39 is 26.6 Å². The maximum atomic E-state index is 14.1. The van der Waals surface area contributed by atoms with E-state index >= 15 is 0 Å². The number of hydrogen-bond acceptors (Lipinski definition) is 3. The molecule has 146 valence electrons. The second-order valence-electron chi connectivity index (χ2n) is 5.87. The van der Waals surface area contributed by atoms with Gasteiger partial charge in [-0.2, -0.15) is 4.31 Å². The van der Waals surface area contributed by atoms with Crippen molar-refractivity contribution in [2.24, 2.45) is 0 Å². The minimum atomic E-state index is -3.99. The highest BCUT2D eigenvalue weighted by atomic mass is 35.5. The van der Waals surface area contributed by atoms with Crippen LogP contribution in [0.3, 0.4) is 0 Å². The lowest BCUT2D eigenvalue weighted by Gasteiger charge is -2.19. The molecule has 0 aromatic heterocycles. The van der Waals surface area contributed by atoms with Crippen LogP contribution < -0.4 is 5.32 Å². The molecule has 2 aromatic carbocycles. The smallest absolute Gasteiger partial charge is 0.251 e. The summed E-state index contributed by atoms with van der Waals surface area (Å²) in [6.07, 6.45) is 0.568. The van der Waals surface area contributed by atoms with Crippen LogP contribution in [-0.2, 0) is 16.4 Å². The molecule has 0 unspecified atom stereocenters. The minimum Gasteiger partial charge on any atom is -0.352 e. The number of benzene rings is 2. The topological polar surface area (TPSA) is 66.5 Å². The van der Waals surface area contributed by atoms with Crippen molar-refractivity contribution in [3.05, 3.63) is 64.4 Å². The van der Waals surface area contributed by atoms with Gasteiger partial charge in [0.2, 0.25) is 10.0 Å². The first-order valence-corrected chi connectivity index (χ1v) is 10.4. The number of carbonyl (C=O) groups is 1. The zero-order valence-electron chi connectivity index (χ0n) is 15.2. The SMILES string of the molecule is CCN(CC)S(=O)(=O)c1cc(C(=O)NCCc2cccc(Cl)c2)ccc1F. The zero-order chi connectivity index (χ0) is 20.0. The highest BCUT2D eigenvalue weighted by Crippen LogP contribution is 2.21. The predicted octanol–water partition coefficient (Wildman–Crippen LogP) is 3.48. The van der Waals surface area contributed by atoms with Crippen LogP contribution in [0.15, 0.2) is 47.4 Å². The zero-order valence-corrected chi connectivity index (χ0v) is 16.8. The number of nitrogens with zero attached hydrogens (tertiary/aromatic N) is 1. The van der Waals surface area contributed by atoms with Crippen LogP contribution in [0.1, 0.15) is 29.8 Å². The van der Waals surface area contributed by atoms with Gasteiger partial charge in [0.1, 0.15) is 10.7 Å². The molecule has 2 aromatic rings. The van der Waals surface area contributed by atoms with Crippen LogP contribution >= 0.6 is 11.6 Å². The van der Waals surface area contributed by atoms with Crippen molar-refractivity contribution in [3.8, 4) is 0 Å². The van der Waals surface area contributed by atoms with E-state index in [1.807, 2.05) is 12.1 Å². The van der Waals surface area contributed by atoms with Gasteiger partial charge >= 0.3 is 0 Å². The third-order valence-corrected chi connectivity index (χ3v) is 6.40. The Kier molecular flexibility index (Phi) is 7.35. The number of rotatable bonds is 8. The molecule has 0 bridgehead atoms. The highest BCUT2D eigenvalue weighted by molar-refractivity contribution is 7.89. The molecule has 0 heterocycles. The van der Waals surface area contributed by atoms with Gasteiger partial charge in [0.05, 0.1) is 0 Å². The van der Waals surface area contributed by atoms with Crippen molar-refractivity contribution in [1.29, 1.82) is 0 Å². The Morgan fingerprint density at radius 1 is 1.15 bits per heavy atom. The van der Waals surface area contributed by atoms with Crippen LogP contribution in [0.25, 0.3) is 0 Å². The molecule has 0 aliphatic carbocycles. The van der Waals surface area contributed by atoms with Gasteiger partial charge in [-0.25, -0.2) is 12.8 Å². The normalized spacial score (nSPS) is 11.6. The molecule has 0 saturated carbocycles. The molecule has 8 heteroatoms. The van der Waals surface area contributed by atoms with Crippen LogP contribution in [-0.4, -0.2) is 38.3 Å². The molecule has 1 amide bonds. The number of sulfonamides is 1. The summed E-state index contributed by atoms with van der Waals surface area (Å²) in [6, 6.07) is 10.6. The fraction of sp³-hybridized carbons (Fsp3) is 0.316. The molecule has 1 N–H and O–H groups in total. The number of carbonyl (C=O) groups excluding carboxylic acids is 1. The van der Waals surface area contributed by atoms with E-state index in [0.717, 1.165) is 22.0 Å². The Morgan fingerprint density at radius 3 is 2.48 bits per heavy atom. The van der Waals surface area contributed by atoms with Crippen LogP contribution in [0, 0.1) is 5.82 Å².